The van der Waals surface area contributed by atoms with Crippen molar-refractivity contribution in [3.63, 3.8) is 0 Å². The minimum atomic E-state index is -0.302. The molecule has 6 heteroatoms. The third-order valence-corrected chi connectivity index (χ3v) is 4.71. The number of esters is 1. The van der Waals surface area contributed by atoms with Crippen LogP contribution in [0.15, 0.2) is 18.2 Å². The lowest BCUT2D eigenvalue weighted by Crippen LogP contribution is -2.34. The molecule has 2 N–H and O–H groups in total. The summed E-state index contributed by atoms with van der Waals surface area (Å²) in [6.07, 6.45) is 5.09. The summed E-state index contributed by atoms with van der Waals surface area (Å²) in [5.74, 6) is -0.302. The zero-order chi connectivity index (χ0) is 18.1. The molecule has 0 amide bonds. The predicted octanol–water partition coefficient (Wildman–Crippen LogP) is 3.33. The fourth-order valence-electron chi connectivity index (χ4n) is 3.06. The molecule has 5 nitrogen and oxygen atoms in total. The average molecular weight is 364 g/mol. The van der Waals surface area contributed by atoms with Crippen LogP contribution in [0.4, 0.5) is 5.69 Å². The number of ether oxygens (including phenoxy) is 1. The number of carbonyl (C=O) groups excluding carboxylic acids is 1. The molecule has 0 saturated carbocycles. The van der Waals surface area contributed by atoms with Gasteiger partial charge in [0.1, 0.15) is 0 Å². The molecule has 0 aromatic heterocycles. The van der Waals surface area contributed by atoms with Crippen molar-refractivity contribution in [3.8, 4) is 0 Å². The van der Waals surface area contributed by atoms with E-state index in [4.69, 9.17) is 17.0 Å². The summed E-state index contributed by atoms with van der Waals surface area (Å²) in [4.78, 5) is 14.5. The molecule has 0 unspecified atom stereocenters. The number of piperidine rings is 1. The summed E-state index contributed by atoms with van der Waals surface area (Å²) in [5.41, 5.74) is 2.25. The number of nitrogens with one attached hydrogen (secondary N) is 2. The van der Waals surface area contributed by atoms with Gasteiger partial charge >= 0.3 is 5.97 Å². The molecule has 0 aliphatic carbocycles. The second-order valence-corrected chi connectivity index (χ2v) is 6.74. The van der Waals surface area contributed by atoms with Gasteiger partial charge in [0.2, 0.25) is 0 Å². The Morgan fingerprint density at radius 2 is 2.04 bits per heavy atom. The van der Waals surface area contributed by atoms with Crippen LogP contribution in [0.3, 0.4) is 0 Å². The maximum absolute atomic E-state index is 12.0. The van der Waals surface area contributed by atoms with Crippen molar-refractivity contribution in [2.45, 2.75) is 39.5 Å². The summed E-state index contributed by atoms with van der Waals surface area (Å²) < 4.78 is 5.09. The van der Waals surface area contributed by atoms with E-state index in [-0.39, 0.29) is 5.97 Å². The Bertz CT molecular complexity index is 586. The van der Waals surface area contributed by atoms with E-state index in [1.807, 2.05) is 19.1 Å². The van der Waals surface area contributed by atoms with Gasteiger partial charge in [-0.25, -0.2) is 4.79 Å². The van der Waals surface area contributed by atoms with E-state index in [1.165, 1.54) is 32.4 Å². The van der Waals surface area contributed by atoms with Gasteiger partial charge in [-0.2, -0.15) is 0 Å². The highest BCUT2D eigenvalue weighted by Crippen LogP contribution is 2.19. The summed E-state index contributed by atoms with van der Waals surface area (Å²) in [7, 11) is 0. The number of rotatable bonds is 7. The molecule has 2 rings (SSSR count). The van der Waals surface area contributed by atoms with Crippen LogP contribution in [0, 0.1) is 6.92 Å². The van der Waals surface area contributed by atoms with Gasteiger partial charge in [0.15, 0.2) is 5.11 Å². The number of likely N-dealkylation sites (tertiary alicyclic amines) is 1. The SMILES string of the molecule is CCOC(=O)c1cccc(NC(=S)NCCCN2CCCCC2)c1C. The topological polar surface area (TPSA) is 53.6 Å². The van der Waals surface area contributed by atoms with Crippen molar-refractivity contribution in [1.29, 1.82) is 0 Å². The third-order valence-electron chi connectivity index (χ3n) is 4.46. The smallest absolute Gasteiger partial charge is 0.338 e. The summed E-state index contributed by atoms with van der Waals surface area (Å²) in [5, 5.41) is 7.02. The Morgan fingerprint density at radius 1 is 1.28 bits per heavy atom. The Hall–Kier alpha value is -1.66. The molecule has 0 spiro atoms. The first-order valence-electron chi connectivity index (χ1n) is 9.15. The lowest BCUT2D eigenvalue weighted by molar-refractivity contribution is 0.0525. The van der Waals surface area contributed by atoms with Crippen LogP contribution in [-0.2, 0) is 4.74 Å². The molecule has 1 aromatic carbocycles. The van der Waals surface area contributed by atoms with Gasteiger partial charge in [-0.05, 0) is 82.7 Å². The lowest BCUT2D eigenvalue weighted by atomic mass is 10.1. The molecule has 138 valence electrons. The fourth-order valence-corrected chi connectivity index (χ4v) is 3.27. The van der Waals surface area contributed by atoms with Crippen LogP contribution in [0.1, 0.15) is 48.5 Å². The van der Waals surface area contributed by atoms with Gasteiger partial charge in [0.05, 0.1) is 12.2 Å². The molecule has 1 saturated heterocycles. The monoisotopic (exact) mass is 363 g/mol. The number of benzene rings is 1. The Balaban J connectivity index is 1.78. The highest BCUT2D eigenvalue weighted by atomic mass is 32.1. The van der Waals surface area contributed by atoms with E-state index in [0.717, 1.165) is 30.8 Å². The molecule has 1 aliphatic heterocycles. The van der Waals surface area contributed by atoms with E-state index in [2.05, 4.69) is 15.5 Å². The third kappa shape index (κ3) is 6.29. The molecule has 0 bridgehead atoms. The predicted molar refractivity (Wildman–Crippen MR) is 106 cm³/mol. The largest absolute Gasteiger partial charge is 0.462 e. The molecule has 25 heavy (non-hydrogen) atoms. The van der Waals surface area contributed by atoms with Gasteiger partial charge in [-0.1, -0.05) is 12.5 Å². The zero-order valence-corrected chi connectivity index (χ0v) is 16.1. The minimum absolute atomic E-state index is 0.302. The first-order chi connectivity index (χ1) is 12.1. The molecule has 1 fully saturated rings. The van der Waals surface area contributed by atoms with E-state index < -0.39 is 0 Å². The quantitative estimate of drug-likeness (QED) is 0.440. The lowest BCUT2D eigenvalue weighted by Gasteiger charge is -2.26. The molecule has 1 aliphatic rings. The number of carbonyl (C=O) groups is 1. The van der Waals surface area contributed by atoms with Gasteiger partial charge in [-0.15, -0.1) is 0 Å². The van der Waals surface area contributed by atoms with Crippen LogP contribution < -0.4 is 10.6 Å². The zero-order valence-electron chi connectivity index (χ0n) is 15.3. The number of hydrogen-bond acceptors (Lipinski definition) is 4. The molecule has 0 radical (unpaired) electrons. The maximum atomic E-state index is 12.0. The van der Waals surface area contributed by atoms with Crippen LogP contribution in [0.5, 0.6) is 0 Å². The van der Waals surface area contributed by atoms with Crippen LogP contribution in [0.25, 0.3) is 0 Å². The minimum Gasteiger partial charge on any atom is -0.462 e. The molecular formula is C19H29N3O2S. The second kappa shape index (κ2) is 10.4. The van der Waals surface area contributed by atoms with Crippen LogP contribution in [-0.4, -0.2) is 48.8 Å². The van der Waals surface area contributed by atoms with Crippen molar-refractivity contribution in [2.75, 3.05) is 38.1 Å². The van der Waals surface area contributed by atoms with Crippen LogP contribution >= 0.6 is 12.2 Å². The molecule has 0 atom stereocenters. The first kappa shape index (κ1) is 19.7. The van der Waals surface area contributed by atoms with Crippen molar-refractivity contribution < 1.29 is 9.53 Å². The molecule has 1 aromatic rings. The van der Waals surface area contributed by atoms with E-state index in [1.54, 1.807) is 13.0 Å². The highest BCUT2D eigenvalue weighted by Gasteiger charge is 2.13. The highest BCUT2D eigenvalue weighted by molar-refractivity contribution is 7.80. The standard InChI is InChI=1S/C19H29N3O2S/c1-3-24-18(23)16-9-7-10-17(15(16)2)21-19(25)20-11-8-14-22-12-5-4-6-13-22/h7,9-10H,3-6,8,11-14H2,1-2H3,(H2,20,21,25). The number of nitrogens with zero attached hydrogens (tertiary/aromatic N) is 1. The van der Waals surface area contributed by atoms with Crippen molar-refractivity contribution >= 4 is 29.0 Å². The summed E-state index contributed by atoms with van der Waals surface area (Å²) >= 11 is 5.37. The summed E-state index contributed by atoms with van der Waals surface area (Å²) in [6, 6.07) is 5.52. The Kier molecular flexibility index (Phi) is 8.15. The summed E-state index contributed by atoms with van der Waals surface area (Å²) in [6.45, 7) is 8.48. The molecular weight excluding hydrogens is 334 g/mol. The van der Waals surface area contributed by atoms with Gasteiger partial charge in [-0.3, -0.25) is 0 Å². The number of hydrogen-bond donors (Lipinski definition) is 2. The van der Waals surface area contributed by atoms with Crippen molar-refractivity contribution in [1.82, 2.24) is 10.2 Å². The normalized spacial score (nSPS) is 14.8. The second-order valence-electron chi connectivity index (χ2n) is 6.34. The number of anilines is 1. The van der Waals surface area contributed by atoms with E-state index in [0.29, 0.717) is 17.3 Å². The maximum Gasteiger partial charge on any atom is 0.338 e. The van der Waals surface area contributed by atoms with Gasteiger partial charge in [0.25, 0.3) is 0 Å². The van der Waals surface area contributed by atoms with E-state index >= 15 is 0 Å². The Morgan fingerprint density at radius 3 is 2.76 bits per heavy atom. The van der Waals surface area contributed by atoms with Crippen molar-refractivity contribution in [3.05, 3.63) is 29.3 Å². The molecule has 1 heterocycles. The van der Waals surface area contributed by atoms with Gasteiger partial charge in [0, 0.05) is 12.2 Å². The first-order valence-corrected chi connectivity index (χ1v) is 9.56. The van der Waals surface area contributed by atoms with Crippen LogP contribution in [0.2, 0.25) is 0 Å². The fraction of sp³-hybridized carbons (Fsp3) is 0.579. The number of thiocarbonyl (C=S) groups is 1. The Labute approximate surface area is 156 Å². The van der Waals surface area contributed by atoms with Gasteiger partial charge < -0.3 is 20.3 Å². The average Bonchev–Trinajstić information content (AvgIpc) is 2.61. The van der Waals surface area contributed by atoms with E-state index in [9.17, 15) is 4.79 Å². The van der Waals surface area contributed by atoms with Crippen molar-refractivity contribution in [2.24, 2.45) is 0 Å².